The van der Waals surface area contributed by atoms with Gasteiger partial charge in [0.05, 0.1) is 18.9 Å². The summed E-state index contributed by atoms with van der Waals surface area (Å²) in [6.45, 7) is 0. The number of ether oxygens (including phenoxy) is 1. The Kier molecular flexibility index (Phi) is 5.08. The lowest BCUT2D eigenvalue weighted by atomic mass is 10.1. The highest BCUT2D eigenvalue weighted by Gasteiger charge is 2.30. The van der Waals surface area contributed by atoms with Crippen molar-refractivity contribution in [1.82, 2.24) is 5.43 Å². The van der Waals surface area contributed by atoms with Crippen LogP contribution in [-0.4, -0.2) is 24.3 Å². The number of phenols is 1. The van der Waals surface area contributed by atoms with Crippen molar-refractivity contribution < 1.29 is 27.8 Å². The molecule has 0 aliphatic rings. The van der Waals surface area contributed by atoms with Crippen LogP contribution in [0.15, 0.2) is 47.6 Å². The van der Waals surface area contributed by atoms with Gasteiger partial charge in [-0.3, -0.25) is 4.79 Å². The number of hydrogen-bond donors (Lipinski definition) is 2. The zero-order valence-corrected chi connectivity index (χ0v) is 12.5. The maximum atomic E-state index is 12.6. The molecule has 0 unspecified atom stereocenters. The second-order valence-electron chi connectivity index (χ2n) is 4.71. The van der Waals surface area contributed by atoms with Crippen molar-refractivity contribution >= 4 is 12.1 Å². The van der Waals surface area contributed by atoms with Crippen LogP contribution in [0.25, 0.3) is 0 Å². The van der Waals surface area contributed by atoms with E-state index in [1.54, 1.807) is 0 Å². The maximum absolute atomic E-state index is 12.6. The van der Waals surface area contributed by atoms with Crippen molar-refractivity contribution in [2.75, 3.05) is 7.11 Å². The van der Waals surface area contributed by atoms with Crippen LogP contribution >= 0.6 is 0 Å². The van der Waals surface area contributed by atoms with Gasteiger partial charge in [-0.05, 0) is 42.0 Å². The van der Waals surface area contributed by atoms with E-state index >= 15 is 0 Å². The van der Waals surface area contributed by atoms with Gasteiger partial charge in [0.25, 0.3) is 5.91 Å². The number of halogens is 3. The summed E-state index contributed by atoms with van der Waals surface area (Å²) in [4.78, 5) is 11.8. The molecular formula is C16H13F3N2O3. The van der Waals surface area contributed by atoms with Crippen LogP contribution < -0.4 is 10.2 Å². The molecule has 5 nitrogen and oxygen atoms in total. The van der Waals surface area contributed by atoms with Crippen LogP contribution in [0.4, 0.5) is 13.2 Å². The molecule has 1 amide bonds. The van der Waals surface area contributed by atoms with E-state index in [1.807, 2.05) is 0 Å². The standard InChI is InChI=1S/C16H13F3N2O3/c1-24-14-7-10(5-6-13(14)22)9-20-21-15(23)11-3-2-4-12(8-11)16(17,18)19/h2-9,22H,1H3,(H,21,23)/b20-9-. The molecule has 0 spiro atoms. The van der Waals surface area contributed by atoms with Crippen LogP contribution in [-0.2, 0) is 6.18 Å². The van der Waals surface area contributed by atoms with Crippen LogP contribution in [0, 0.1) is 0 Å². The molecule has 8 heteroatoms. The number of hydrogen-bond acceptors (Lipinski definition) is 4. The molecule has 2 rings (SSSR count). The number of hydrazone groups is 1. The highest BCUT2D eigenvalue weighted by atomic mass is 19.4. The normalized spacial score (nSPS) is 11.5. The summed E-state index contributed by atoms with van der Waals surface area (Å²) in [6, 6.07) is 8.41. The quantitative estimate of drug-likeness (QED) is 0.664. The second-order valence-corrected chi connectivity index (χ2v) is 4.71. The summed E-state index contributed by atoms with van der Waals surface area (Å²) in [6.07, 6.45) is -3.25. The molecule has 0 aromatic heterocycles. The molecule has 0 aliphatic heterocycles. The Balaban J connectivity index is 2.08. The number of aromatic hydroxyl groups is 1. The Morgan fingerprint density at radius 2 is 2.00 bits per heavy atom. The van der Waals surface area contributed by atoms with Crippen molar-refractivity contribution in [3.05, 3.63) is 59.2 Å². The molecule has 2 aromatic rings. The first-order chi connectivity index (χ1) is 11.3. The minimum atomic E-state index is -4.53. The van der Waals surface area contributed by atoms with E-state index < -0.39 is 17.6 Å². The molecule has 0 heterocycles. The lowest BCUT2D eigenvalue weighted by Gasteiger charge is -2.07. The first-order valence-electron chi connectivity index (χ1n) is 6.69. The third-order valence-corrected chi connectivity index (χ3v) is 3.04. The van der Waals surface area contributed by atoms with Gasteiger partial charge in [-0.15, -0.1) is 0 Å². The number of rotatable bonds is 4. The zero-order chi connectivity index (χ0) is 17.7. The molecule has 2 N–H and O–H groups in total. The SMILES string of the molecule is COc1cc(/C=N\NC(=O)c2cccc(C(F)(F)F)c2)ccc1O. The Morgan fingerprint density at radius 1 is 1.25 bits per heavy atom. The molecule has 0 saturated carbocycles. The molecule has 24 heavy (non-hydrogen) atoms. The first kappa shape index (κ1) is 17.3. The number of methoxy groups -OCH3 is 1. The van der Waals surface area contributed by atoms with E-state index in [1.165, 1.54) is 37.6 Å². The van der Waals surface area contributed by atoms with Gasteiger partial charge in [0.15, 0.2) is 11.5 Å². The monoisotopic (exact) mass is 338 g/mol. The van der Waals surface area contributed by atoms with Gasteiger partial charge in [-0.25, -0.2) is 5.43 Å². The number of alkyl halides is 3. The van der Waals surface area contributed by atoms with Crippen LogP contribution in [0.5, 0.6) is 11.5 Å². The van der Waals surface area contributed by atoms with Crippen molar-refractivity contribution in [1.29, 1.82) is 0 Å². The Bertz CT molecular complexity index is 773. The van der Waals surface area contributed by atoms with Crippen molar-refractivity contribution in [3.63, 3.8) is 0 Å². The summed E-state index contributed by atoms with van der Waals surface area (Å²) in [5.41, 5.74) is 1.58. The van der Waals surface area contributed by atoms with Gasteiger partial charge in [0, 0.05) is 5.56 Å². The van der Waals surface area contributed by atoms with Crippen LogP contribution in [0.1, 0.15) is 21.5 Å². The third kappa shape index (κ3) is 4.25. The minimum absolute atomic E-state index is 0.0531. The molecule has 126 valence electrons. The Hall–Kier alpha value is -3.03. The number of nitrogens with zero attached hydrogens (tertiary/aromatic N) is 1. The van der Waals surface area contributed by atoms with E-state index in [4.69, 9.17) is 4.74 Å². The average Bonchev–Trinajstić information content (AvgIpc) is 2.55. The fraction of sp³-hybridized carbons (Fsp3) is 0.125. The van der Waals surface area contributed by atoms with Gasteiger partial charge in [0.2, 0.25) is 0 Å². The summed E-state index contributed by atoms with van der Waals surface area (Å²) < 4.78 is 42.8. The second kappa shape index (κ2) is 7.03. The highest BCUT2D eigenvalue weighted by Crippen LogP contribution is 2.29. The number of carbonyl (C=O) groups is 1. The average molecular weight is 338 g/mol. The van der Waals surface area contributed by atoms with Gasteiger partial charge in [0.1, 0.15) is 0 Å². The lowest BCUT2D eigenvalue weighted by Crippen LogP contribution is -2.18. The van der Waals surface area contributed by atoms with Gasteiger partial charge in [-0.1, -0.05) is 6.07 Å². The van der Waals surface area contributed by atoms with E-state index in [-0.39, 0.29) is 17.1 Å². The Morgan fingerprint density at radius 3 is 2.67 bits per heavy atom. The number of carbonyl (C=O) groups excluding carboxylic acids is 1. The predicted octanol–water partition coefficient (Wildman–Crippen LogP) is 3.18. The molecule has 2 aromatic carbocycles. The van der Waals surface area contributed by atoms with Crippen molar-refractivity contribution in [2.24, 2.45) is 5.10 Å². The van der Waals surface area contributed by atoms with Crippen molar-refractivity contribution in [3.8, 4) is 11.5 Å². The maximum Gasteiger partial charge on any atom is 0.416 e. The fourth-order valence-electron chi connectivity index (χ4n) is 1.84. The van der Waals surface area contributed by atoms with Crippen LogP contribution in [0.3, 0.4) is 0 Å². The summed E-state index contributed by atoms with van der Waals surface area (Å²) >= 11 is 0. The lowest BCUT2D eigenvalue weighted by molar-refractivity contribution is -0.137. The summed E-state index contributed by atoms with van der Waals surface area (Å²) in [7, 11) is 1.38. The van der Waals surface area contributed by atoms with E-state index in [9.17, 15) is 23.1 Å². The largest absolute Gasteiger partial charge is 0.504 e. The topological polar surface area (TPSA) is 70.9 Å². The smallest absolute Gasteiger partial charge is 0.416 e. The van der Waals surface area contributed by atoms with E-state index in [2.05, 4.69) is 10.5 Å². The van der Waals surface area contributed by atoms with Gasteiger partial charge < -0.3 is 9.84 Å². The molecule has 0 atom stereocenters. The third-order valence-electron chi connectivity index (χ3n) is 3.04. The van der Waals surface area contributed by atoms with Crippen LogP contribution in [0.2, 0.25) is 0 Å². The molecule has 0 fully saturated rings. The molecule has 0 aliphatic carbocycles. The number of phenolic OH excluding ortho intramolecular Hbond substituents is 1. The van der Waals surface area contributed by atoms with Crippen molar-refractivity contribution in [2.45, 2.75) is 6.18 Å². The fourth-order valence-corrected chi connectivity index (χ4v) is 1.84. The van der Waals surface area contributed by atoms with E-state index in [0.717, 1.165) is 18.2 Å². The summed E-state index contributed by atoms with van der Waals surface area (Å²) in [5, 5.41) is 13.1. The Labute approximate surface area is 135 Å². The molecule has 0 radical (unpaired) electrons. The predicted molar refractivity (Wildman–Crippen MR) is 81.2 cm³/mol. The van der Waals surface area contributed by atoms with E-state index in [0.29, 0.717) is 5.56 Å². The number of amides is 1. The molecular weight excluding hydrogens is 325 g/mol. The number of nitrogens with one attached hydrogen (secondary N) is 1. The van der Waals surface area contributed by atoms with Gasteiger partial charge >= 0.3 is 6.18 Å². The zero-order valence-electron chi connectivity index (χ0n) is 12.5. The molecule has 0 saturated heterocycles. The number of benzene rings is 2. The molecule has 0 bridgehead atoms. The highest BCUT2D eigenvalue weighted by molar-refractivity contribution is 5.95. The minimum Gasteiger partial charge on any atom is -0.504 e. The first-order valence-corrected chi connectivity index (χ1v) is 6.69. The van der Waals surface area contributed by atoms with Gasteiger partial charge in [-0.2, -0.15) is 18.3 Å². The summed E-state index contributed by atoms with van der Waals surface area (Å²) in [5.74, 6) is -0.603.